The van der Waals surface area contributed by atoms with E-state index in [2.05, 4.69) is 5.32 Å². The molecular weight excluding hydrogens is 317 g/mol. The second kappa shape index (κ2) is 8.26. The second-order valence-corrected chi connectivity index (χ2v) is 4.98. The molecule has 0 saturated heterocycles. The molecule has 0 spiro atoms. The Hall–Kier alpha value is -2.67. The van der Waals surface area contributed by atoms with Crippen LogP contribution in [-0.2, 0) is 14.3 Å². The fraction of sp³-hybridized carbons (Fsp3) is 0.294. The maximum absolute atomic E-state index is 13.7. The minimum atomic E-state index is -0.989. The molecule has 0 fully saturated rings. The number of methoxy groups -OCH3 is 1. The number of carbonyl (C=O) groups excluding carboxylic acids is 2. The Labute approximate surface area is 138 Å². The van der Waals surface area contributed by atoms with Crippen molar-refractivity contribution in [3.8, 4) is 11.3 Å². The molecule has 7 heteroatoms. The van der Waals surface area contributed by atoms with Gasteiger partial charge in [-0.1, -0.05) is 12.1 Å². The molecule has 0 aliphatic carbocycles. The van der Waals surface area contributed by atoms with Gasteiger partial charge >= 0.3 is 5.97 Å². The highest BCUT2D eigenvalue weighted by Crippen LogP contribution is 2.25. The van der Waals surface area contributed by atoms with Crippen molar-refractivity contribution in [1.29, 1.82) is 0 Å². The molecule has 2 rings (SSSR count). The van der Waals surface area contributed by atoms with Gasteiger partial charge in [0.05, 0.1) is 12.2 Å². The van der Waals surface area contributed by atoms with Gasteiger partial charge in [0.1, 0.15) is 11.6 Å². The van der Waals surface area contributed by atoms with Crippen molar-refractivity contribution in [3.05, 3.63) is 48.0 Å². The molecule has 24 heavy (non-hydrogen) atoms. The zero-order chi connectivity index (χ0) is 17.5. The van der Waals surface area contributed by atoms with Crippen molar-refractivity contribution in [3.63, 3.8) is 0 Å². The molecular formula is C17H18FNO5. The van der Waals surface area contributed by atoms with Gasteiger partial charge in [-0.2, -0.15) is 0 Å². The number of hydrogen-bond donors (Lipinski definition) is 1. The van der Waals surface area contributed by atoms with Crippen molar-refractivity contribution in [1.82, 2.24) is 5.32 Å². The first kappa shape index (κ1) is 17.7. The summed E-state index contributed by atoms with van der Waals surface area (Å²) in [6, 6.07) is 8.89. The van der Waals surface area contributed by atoms with Crippen molar-refractivity contribution in [2.45, 2.75) is 13.0 Å². The minimum absolute atomic E-state index is 0.107. The van der Waals surface area contributed by atoms with Crippen molar-refractivity contribution in [2.24, 2.45) is 0 Å². The lowest BCUT2D eigenvalue weighted by molar-refractivity contribution is -0.129. The second-order valence-electron chi connectivity index (χ2n) is 4.98. The topological polar surface area (TPSA) is 77.8 Å². The van der Waals surface area contributed by atoms with E-state index in [0.29, 0.717) is 13.2 Å². The van der Waals surface area contributed by atoms with Gasteiger partial charge in [-0.3, -0.25) is 4.79 Å². The van der Waals surface area contributed by atoms with Crippen LogP contribution in [0.25, 0.3) is 11.3 Å². The molecule has 1 amide bonds. The summed E-state index contributed by atoms with van der Waals surface area (Å²) in [5.41, 5.74) is 0.238. The molecule has 1 N–H and O–H groups in total. The number of furan rings is 1. The van der Waals surface area contributed by atoms with Gasteiger partial charge in [0, 0.05) is 13.7 Å². The Kier molecular flexibility index (Phi) is 6.08. The fourth-order valence-electron chi connectivity index (χ4n) is 1.95. The maximum Gasteiger partial charge on any atom is 0.375 e. The highest BCUT2D eigenvalue weighted by Gasteiger charge is 2.21. The van der Waals surface area contributed by atoms with Gasteiger partial charge in [-0.15, -0.1) is 0 Å². The summed E-state index contributed by atoms with van der Waals surface area (Å²) >= 11 is 0. The van der Waals surface area contributed by atoms with E-state index in [4.69, 9.17) is 13.9 Å². The van der Waals surface area contributed by atoms with Crippen LogP contribution in [0, 0.1) is 5.82 Å². The predicted molar refractivity (Wildman–Crippen MR) is 83.9 cm³/mol. The Balaban J connectivity index is 1.98. The van der Waals surface area contributed by atoms with Crippen LogP contribution in [0.2, 0.25) is 0 Å². The molecule has 1 heterocycles. The molecule has 1 atom stereocenters. The molecule has 0 bridgehead atoms. The Morgan fingerprint density at radius 1 is 1.25 bits per heavy atom. The average Bonchev–Trinajstić information content (AvgIpc) is 3.05. The number of carbonyl (C=O) groups is 2. The summed E-state index contributed by atoms with van der Waals surface area (Å²) in [6.45, 7) is 2.12. The number of nitrogens with one attached hydrogen (secondary N) is 1. The molecule has 0 radical (unpaired) electrons. The zero-order valence-corrected chi connectivity index (χ0v) is 13.4. The van der Waals surface area contributed by atoms with Crippen molar-refractivity contribution < 1.29 is 27.9 Å². The van der Waals surface area contributed by atoms with Crippen molar-refractivity contribution >= 4 is 11.9 Å². The number of ether oxygens (including phenoxy) is 2. The van der Waals surface area contributed by atoms with E-state index in [1.165, 1.54) is 38.3 Å². The summed E-state index contributed by atoms with van der Waals surface area (Å²) in [7, 11) is 1.51. The summed E-state index contributed by atoms with van der Waals surface area (Å²) < 4.78 is 28.9. The predicted octanol–water partition coefficient (Wildman–Crippen LogP) is 2.39. The number of esters is 1. The maximum atomic E-state index is 13.7. The van der Waals surface area contributed by atoms with E-state index in [-0.39, 0.29) is 17.1 Å². The average molecular weight is 335 g/mol. The molecule has 0 saturated carbocycles. The van der Waals surface area contributed by atoms with Gasteiger partial charge < -0.3 is 19.2 Å². The number of rotatable bonds is 7. The Bertz CT molecular complexity index is 713. The van der Waals surface area contributed by atoms with Gasteiger partial charge in [0.15, 0.2) is 6.10 Å². The van der Waals surface area contributed by atoms with Crippen molar-refractivity contribution in [2.75, 3.05) is 20.3 Å². The molecule has 1 aromatic carbocycles. The van der Waals surface area contributed by atoms with Gasteiger partial charge in [0.2, 0.25) is 5.76 Å². The molecule has 0 unspecified atom stereocenters. The minimum Gasteiger partial charge on any atom is -0.449 e. The van der Waals surface area contributed by atoms with E-state index in [1.54, 1.807) is 12.1 Å². The zero-order valence-electron chi connectivity index (χ0n) is 13.4. The van der Waals surface area contributed by atoms with E-state index >= 15 is 0 Å². The number of hydrogen-bond acceptors (Lipinski definition) is 5. The van der Waals surface area contributed by atoms with Gasteiger partial charge in [0.25, 0.3) is 5.91 Å². The number of benzene rings is 1. The van der Waals surface area contributed by atoms with Crippen LogP contribution in [0.1, 0.15) is 17.5 Å². The van der Waals surface area contributed by atoms with E-state index in [1.807, 2.05) is 0 Å². The first-order chi connectivity index (χ1) is 11.5. The van der Waals surface area contributed by atoms with Crippen LogP contribution in [0.15, 0.2) is 40.8 Å². The number of amides is 1. The molecule has 1 aromatic heterocycles. The summed E-state index contributed by atoms with van der Waals surface area (Å²) in [6.07, 6.45) is -0.989. The lowest BCUT2D eigenvalue weighted by Crippen LogP contribution is -2.37. The first-order valence-corrected chi connectivity index (χ1v) is 7.35. The quantitative estimate of drug-likeness (QED) is 0.621. The molecule has 0 aliphatic heterocycles. The Morgan fingerprint density at radius 3 is 2.71 bits per heavy atom. The van der Waals surface area contributed by atoms with E-state index in [0.717, 1.165) is 0 Å². The van der Waals surface area contributed by atoms with Crippen LogP contribution in [0.4, 0.5) is 4.39 Å². The Morgan fingerprint density at radius 2 is 2.00 bits per heavy atom. The van der Waals surface area contributed by atoms with Crippen LogP contribution < -0.4 is 5.32 Å². The summed E-state index contributed by atoms with van der Waals surface area (Å²) in [5, 5.41) is 2.56. The monoisotopic (exact) mass is 335 g/mol. The standard InChI is InChI=1S/C17H18FNO5/c1-11(16(20)19-9-10-22-2)23-17(21)15-8-7-14(24-15)12-5-3-4-6-13(12)18/h3-8,11H,9-10H2,1-2H3,(H,19,20)/t11-/m0/s1. The first-order valence-electron chi connectivity index (χ1n) is 7.35. The van der Waals surface area contributed by atoms with Gasteiger partial charge in [-0.05, 0) is 31.2 Å². The molecule has 6 nitrogen and oxygen atoms in total. The van der Waals surface area contributed by atoms with Crippen LogP contribution in [0.3, 0.4) is 0 Å². The smallest absolute Gasteiger partial charge is 0.375 e. The third kappa shape index (κ3) is 4.42. The van der Waals surface area contributed by atoms with E-state index in [9.17, 15) is 14.0 Å². The third-order valence-corrected chi connectivity index (χ3v) is 3.20. The fourth-order valence-corrected chi connectivity index (χ4v) is 1.95. The lowest BCUT2D eigenvalue weighted by atomic mass is 10.1. The third-order valence-electron chi connectivity index (χ3n) is 3.20. The van der Waals surface area contributed by atoms with Gasteiger partial charge in [-0.25, -0.2) is 9.18 Å². The molecule has 2 aromatic rings. The largest absolute Gasteiger partial charge is 0.449 e. The van der Waals surface area contributed by atoms with Crippen LogP contribution in [-0.4, -0.2) is 38.2 Å². The normalized spacial score (nSPS) is 11.8. The highest BCUT2D eigenvalue weighted by atomic mass is 19.1. The van der Waals surface area contributed by atoms with Crippen LogP contribution >= 0.6 is 0 Å². The van der Waals surface area contributed by atoms with Crippen LogP contribution in [0.5, 0.6) is 0 Å². The lowest BCUT2D eigenvalue weighted by Gasteiger charge is -2.12. The molecule has 0 aliphatic rings. The molecule has 128 valence electrons. The highest BCUT2D eigenvalue weighted by molar-refractivity contribution is 5.90. The SMILES string of the molecule is COCCNC(=O)[C@H](C)OC(=O)c1ccc(-c2ccccc2F)o1. The van der Waals surface area contributed by atoms with E-state index < -0.39 is 23.8 Å². The number of halogens is 1. The summed E-state index contributed by atoms with van der Waals surface area (Å²) in [5.74, 6) is -1.60. The summed E-state index contributed by atoms with van der Waals surface area (Å²) in [4.78, 5) is 23.7.